The first-order chi connectivity index (χ1) is 9.22. The van der Waals surface area contributed by atoms with Gasteiger partial charge < -0.3 is 9.52 Å². The average molecular weight is 262 g/mol. The number of aromatic nitrogens is 2. The number of hydrogen-bond donors (Lipinski definition) is 1. The fourth-order valence-corrected chi connectivity index (χ4v) is 2.23. The number of nitrogens with zero attached hydrogens (tertiary/aromatic N) is 2. The van der Waals surface area contributed by atoms with E-state index in [0.717, 1.165) is 36.5 Å². The molecule has 0 spiro atoms. The lowest BCUT2D eigenvalue weighted by molar-refractivity contribution is 0.160. The lowest BCUT2D eigenvalue weighted by atomic mass is 10.1. The summed E-state index contributed by atoms with van der Waals surface area (Å²) in [7, 11) is 0. The Morgan fingerprint density at radius 2 is 2.26 bits per heavy atom. The van der Waals surface area contributed by atoms with Crippen molar-refractivity contribution >= 4 is 0 Å². The first-order valence-corrected chi connectivity index (χ1v) is 6.99. The summed E-state index contributed by atoms with van der Waals surface area (Å²) in [5, 5.41) is 14.6. The molecule has 0 saturated carbocycles. The Hall–Kier alpha value is -1.55. The fraction of sp³-hybridized carbons (Fsp3) is 0.533. The van der Waals surface area contributed by atoms with Gasteiger partial charge >= 0.3 is 0 Å². The van der Waals surface area contributed by atoms with Crippen LogP contribution in [0.4, 0.5) is 0 Å². The summed E-state index contributed by atoms with van der Waals surface area (Å²) in [4.78, 5) is 0. The minimum absolute atomic E-state index is 0.350. The maximum absolute atomic E-state index is 10.1. The number of aliphatic hydroxyl groups excluding tert-OH is 1. The van der Waals surface area contributed by atoms with Gasteiger partial charge in [-0.25, -0.2) is 0 Å². The van der Waals surface area contributed by atoms with E-state index in [4.69, 9.17) is 4.42 Å². The maximum Gasteiger partial charge on any atom is 0.103 e. The van der Waals surface area contributed by atoms with Crippen molar-refractivity contribution in [2.45, 2.75) is 52.2 Å². The molecule has 0 aromatic carbocycles. The van der Waals surface area contributed by atoms with Crippen LogP contribution in [0.25, 0.3) is 0 Å². The van der Waals surface area contributed by atoms with Gasteiger partial charge in [-0.3, -0.25) is 4.68 Å². The van der Waals surface area contributed by atoms with Gasteiger partial charge in [0.1, 0.15) is 5.76 Å². The highest BCUT2D eigenvalue weighted by atomic mass is 16.3. The Kier molecular flexibility index (Phi) is 4.80. The van der Waals surface area contributed by atoms with Crippen LogP contribution in [-0.4, -0.2) is 21.0 Å². The number of hydrogen-bond acceptors (Lipinski definition) is 3. The van der Waals surface area contributed by atoms with E-state index in [2.05, 4.69) is 25.0 Å². The van der Waals surface area contributed by atoms with Crippen molar-refractivity contribution in [1.82, 2.24) is 9.78 Å². The van der Waals surface area contributed by atoms with Gasteiger partial charge in [0.05, 0.1) is 18.1 Å². The van der Waals surface area contributed by atoms with Gasteiger partial charge in [-0.05, 0) is 38.0 Å². The van der Waals surface area contributed by atoms with Gasteiger partial charge in [-0.15, -0.1) is 0 Å². The highest BCUT2D eigenvalue weighted by Crippen LogP contribution is 2.12. The van der Waals surface area contributed by atoms with E-state index >= 15 is 0 Å². The highest BCUT2D eigenvalue weighted by Gasteiger charge is 2.12. The molecule has 4 nitrogen and oxygen atoms in total. The SMILES string of the molecule is CCc1cc(CC(O)CCc2ccco2)n(CC)n1. The number of furan rings is 1. The zero-order chi connectivity index (χ0) is 13.7. The van der Waals surface area contributed by atoms with E-state index in [0.29, 0.717) is 12.8 Å². The molecule has 1 atom stereocenters. The molecule has 2 aromatic heterocycles. The molecule has 2 aromatic rings. The van der Waals surface area contributed by atoms with Gasteiger partial charge in [-0.1, -0.05) is 6.92 Å². The Morgan fingerprint density at radius 1 is 1.42 bits per heavy atom. The summed E-state index contributed by atoms with van der Waals surface area (Å²) in [5.74, 6) is 0.928. The normalized spacial score (nSPS) is 12.8. The van der Waals surface area contributed by atoms with Crippen LogP contribution in [0.1, 0.15) is 37.4 Å². The van der Waals surface area contributed by atoms with E-state index in [9.17, 15) is 5.11 Å². The van der Waals surface area contributed by atoms with Crippen LogP contribution in [-0.2, 0) is 25.8 Å². The van der Waals surface area contributed by atoms with E-state index in [-0.39, 0.29) is 6.10 Å². The molecule has 0 aliphatic heterocycles. The van der Waals surface area contributed by atoms with Crippen molar-refractivity contribution in [2.75, 3.05) is 0 Å². The molecule has 0 aliphatic rings. The molecule has 0 bridgehead atoms. The predicted octanol–water partition coefficient (Wildman–Crippen LogP) is 2.59. The minimum Gasteiger partial charge on any atom is -0.469 e. The molecular weight excluding hydrogens is 240 g/mol. The second kappa shape index (κ2) is 6.57. The van der Waals surface area contributed by atoms with Crippen LogP contribution in [0.2, 0.25) is 0 Å². The Balaban J connectivity index is 1.90. The van der Waals surface area contributed by atoms with Gasteiger partial charge in [0.15, 0.2) is 0 Å². The standard InChI is InChI=1S/C15H22N2O2/c1-3-12-10-13(17(4-2)16-12)11-14(18)7-8-15-6-5-9-19-15/h5-6,9-10,14,18H,3-4,7-8,11H2,1-2H3. The summed E-state index contributed by atoms with van der Waals surface area (Å²) in [6, 6.07) is 5.92. The van der Waals surface area contributed by atoms with Crippen molar-refractivity contribution in [1.29, 1.82) is 0 Å². The zero-order valence-electron chi connectivity index (χ0n) is 11.7. The molecule has 0 fully saturated rings. The monoisotopic (exact) mass is 262 g/mol. The summed E-state index contributed by atoms with van der Waals surface area (Å²) in [6.07, 6.45) is 4.39. The van der Waals surface area contributed by atoms with Crippen LogP contribution in [0, 0.1) is 0 Å². The molecule has 1 N–H and O–H groups in total. The molecule has 4 heteroatoms. The molecule has 0 radical (unpaired) electrons. The van der Waals surface area contributed by atoms with E-state index in [1.54, 1.807) is 6.26 Å². The maximum atomic E-state index is 10.1. The lowest BCUT2D eigenvalue weighted by Gasteiger charge is -2.10. The topological polar surface area (TPSA) is 51.2 Å². The third-order valence-electron chi connectivity index (χ3n) is 3.32. The third kappa shape index (κ3) is 3.70. The second-order valence-corrected chi connectivity index (χ2v) is 4.77. The van der Waals surface area contributed by atoms with Gasteiger partial charge in [0, 0.05) is 25.1 Å². The van der Waals surface area contributed by atoms with Gasteiger partial charge in [0.25, 0.3) is 0 Å². The van der Waals surface area contributed by atoms with Crippen molar-refractivity contribution in [2.24, 2.45) is 0 Å². The molecule has 0 aliphatic carbocycles. The van der Waals surface area contributed by atoms with Crippen LogP contribution in [0.3, 0.4) is 0 Å². The van der Waals surface area contributed by atoms with Crippen LogP contribution < -0.4 is 0 Å². The zero-order valence-corrected chi connectivity index (χ0v) is 11.7. The summed E-state index contributed by atoms with van der Waals surface area (Å²) in [6.45, 7) is 5.02. The molecule has 19 heavy (non-hydrogen) atoms. The van der Waals surface area contributed by atoms with E-state index in [1.807, 2.05) is 16.8 Å². The van der Waals surface area contributed by atoms with E-state index < -0.39 is 0 Å². The van der Waals surface area contributed by atoms with Crippen molar-refractivity contribution < 1.29 is 9.52 Å². The van der Waals surface area contributed by atoms with Crippen molar-refractivity contribution in [3.63, 3.8) is 0 Å². The van der Waals surface area contributed by atoms with Crippen molar-refractivity contribution in [3.8, 4) is 0 Å². The lowest BCUT2D eigenvalue weighted by Crippen LogP contribution is -2.15. The summed E-state index contributed by atoms with van der Waals surface area (Å²) in [5.41, 5.74) is 2.21. The van der Waals surface area contributed by atoms with Crippen LogP contribution in [0.5, 0.6) is 0 Å². The van der Waals surface area contributed by atoms with Gasteiger partial charge in [0.2, 0.25) is 0 Å². The second-order valence-electron chi connectivity index (χ2n) is 4.77. The fourth-order valence-electron chi connectivity index (χ4n) is 2.23. The quantitative estimate of drug-likeness (QED) is 0.834. The number of aryl methyl sites for hydroxylation is 3. The molecular formula is C15H22N2O2. The molecule has 2 rings (SSSR count). The largest absolute Gasteiger partial charge is 0.469 e. The molecule has 2 heterocycles. The van der Waals surface area contributed by atoms with Gasteiger partial charge in [-0.2, -0.15) is 5.10 Å². The molecule has 0 amide bonds. The highest BCUT2D eigenvalue weighted by molar-refractivity contribution is 5.11. The minimum atomic E-state index is -0.350. The Labute approximate surface area is 114 Å². The average Bonchev–Trinajstić information content (AvgIpc) is 3.05. The van der Waals surface area contributed by atoms with E-state index in [1.165, 1.54) is 0 Å². The summed E-state index contributed by atoms with van der Waals surface area (Å²) < 4.78 is 7.25. The number of rotatable bonds is 7. The third-order valence-corrected chi connectivity index (χ3v) is 3.32. The molecule has 104 valence electrons. The van der Waals surface area contributed by atoms with Crippen LogP contribution in [0.15, 0.2) is 28.9 Å². The van der Waals surface area contributed by atoms with Crippen LogP contribution >= 0.6 is 0 Å². The Morgan fingerprint density at radius 3 is 2.89 bits per heavy atom. The predicted molar refractivity (Wildman–Crippen MR) is 74.0 cm³/mol. The smallest absolute Gasteiger partial charge is 0.103 e. The summed E-state index contributed by atoms with van der Waals surface area (Å²) >= 11 is 0. The number of aliphatic hydroxyl groups is 1. The first-order valence-electron chi connectivity index (χ1n) is 6.99. The molecule has 1 unspecified atom stereocenters. The first kappa shape index (κ1) is 13.9. The Bertz CT molecular complexity index is 488. The van der Waals surface area contributed by atoms with Crippen molar-refractivity contribution in [3.05, 3.63) is 41.6 Å². The molecule has 0 saturated heterocycles.